The van der Waals surface area contributed by atoms with Crippen molar-refractivity contribution in [3.05, 3.63) is 28.7 Å². The van der Waals surface area contributed by atoms with Crippen molar-refractivity contribution in [3.63, 3.8) is 0 Å². The van der Waals surface area contributed by atoms with Crippen LogP contribution in [0, 0.1) is 0 Å². The molecule has 2 aromatic rings. The molecule has 0 spiro atoms. The predicted molar refractivity (Wildman–Crippen MR) is 74.5 cm³/mol. The minimum Gasteiger partial charge on any atom is -0.497 e. The molecule has 0 radical (unpaired) electrons. The van der Waals surface area contributed by atoms with Crippen LogP contribution in [0.25, 0.3) is 11.0 Å². The first-order valence-corrected chi connectivity index (χ1v) is 7.24. The lowest BCUT2D eigenvalue weighted by Crippen LogP contribution is -2.22. The molecule has 96 valence electrons. The number of nitrogens with one attached hydrogen (secondary N) is 1. The van der Waals surface area contributed by atoms with E-state index in [1.807, 2.05) is 34.5 Å². The maximum absolute atomic E-state index is 12.1. The van der Waals surface area contributed by atoms with Crippen molar-refractivity contribution >= 4 is 22.8 Å². The van der Waals surface area contributed by atoms with Crippen molar-refractivity contribution in [2.45, 2.75) is 24.6 Å². The van der Waals surface area contributed by atoms with E-state index >= 15 is 0 Å². The van der Waals surface area contributed by atoms with Gasteiger partial charge in [0.2, 0.25) is 0 Å². The van der Waals surface area contributed by atoms with Gasteiger partial charge in [0.1, 0.15) is 5.75 Å². The third kappa shape index (κ3) is 1.92. The van der Waals surface area contributed by atoms with Gasteiger partial charge in [-0.2, -0.15) is 0 Å². The average molecular weight is 264 g/mol. The van der Waals surface area contributed by atoms with Crippen molar-refractivity contribution in [2.75, 3.05) is 12.9 Å². The molecule has 1 aromatic carbocycles. The molecule has 0 amide bonds. The van der Waals surface area contributed by atoms with Crippen LogP contribution in [0.1, 0.15) is 24.6 Å². The van der Waals surface area contributed by atoms with Crippen molar-refractivity contribution in [1.82, 2.24) is 9.55 Å². The van der Waals surface area contributed by atoms with Crippen LogP contribution in [0.3, 0.4) is 0 Å². The van der Waals surface area contributed by atoms with Crippen LogP contribution in [0.5, 0.6) is 5.75 Å². The monoisotopic (exact) mass is 264 g/mol. The van der Waals surface area contributed by atoms with E-state index in [1.165, 1.54) is 12.8 Å². The lowest BCUT2D eigenvalue weighted by molar-refractivity contribution is 0.415. The van der Waals surface area contributed by atoms with Gasteiger partial charge in [-0.1, -0.05) is 0 Å². The molecule has 1 aromatic heterocycles. The Morgan fingerprint density at radius 2 is 2.33 bits per heavy atom. The smallest absolute Gasteiger partial charge is 0.327 e. The van der Waals surface area contributed by atoms with Crippen LogP contribution in [0.4, 0.5) is 0 Å². The Hall–Kier alpha value is -1.36. The van der Waals surface area contributed by atoms with Gasteiger partial charge in [0, 0.05) is 6.07 Å². The Bertz CT molecular complexity index is 611. The number of nitrogens with zero attached hydrogens (tertiary/aromatic N) is 1. The SMILES string of the molecule is COc1ccc2c(c1)[nH]c(=O)n2C1CCCCS1. The van der Waals surface area contributed by atoms with E-state index in [4.69, 9.17) is 4.74 Å². The van der Waals surface area contributed by atoms with Crippen molar-refractivity contribution < 1.29 is 4.74 Å². The van der Waals surface area contributed by atoms with E-state index in [1.54, 1.807) is 7.11 Å². The molecule has 0 bridgehead atoms. The first kappa shape index (κ1) is 11.7. The van der Waals surface area contributed by atoms with Gasteiger partial charge in [0.05, 0.1) is 23.5 Å². The van der Waals surface area contributed by atoms with E-state index < -0.39 is 0 Å². The first-order valence-electron chi connectivity index (χ1n) is 6.19. The summed E-state index contributed by atoms with van der Waals surface area (Å²) in [4.78, 5) is 15.0. The second-order valence-corrected chi connectivity index (χ2v) is 5.79. The lowest BCUT2D eigenvalue weighted by atomic mass is 10.2. The van der Waals surface area contributed by atoms with Gasteiger partial charge in [-0.3, -0.25) is 4.57 Å². The Morgan fingerprint density at radius 1 is 1.44 bits per heavy atom. The lowest BCUT2D eigenvalue weighted by Gasteiger charge is -2.22. The number of hydrogen-bond acceptors (Lipinski definition) is 3. The van der Waals surface area contributed by atoms with Gasteiger partial charge in [-0.05, 0) is 37.1 Å². The van der Waals surface area contributed by atoms with E-state index in [0.717, 1.165) is 29.0 Å². The number of imidazole rings is 1. The summed E-state index contributed by atoms with van der Waals surface area (Å²) in [6.07, 6.45) is 3.53. The molecule has 1 atom stereocenters. The summed E-state index contributed by atoms with van der Waals surface area (Å²) >= 11 is 1.87. The topological polar surface area (TPSA) is 47.0 Å². The number of hydrogen-bond donors (Lipinski definition) is 1. The molecular weight excluding hydrogens is 248 g/mol. The summed E-state index contributed by atoms with van der Waals surface area (Å²) < 4.78 is 7.07. The van der Waals surface area contributed by atoms with Crippen LogP contribution in [-0.2, 0) is 0 Å². The van der Waals surface area contributed by atoms with Gasteiger partial charge in [0.25, 0.3) is 0 Å². The number of methoxy groups -OCH3 is 1. The Labute approximate surface area is 109 Å². The molecule has 3 rings (SSSR count). The highest BCUT2D eigenvalue weighted by atomic mass is 32.2. The van der Waals surface area contributed by atoms with Crippen LogP contribution in [0.2, 0.25) is 0 Å². The zero-order valence-corrected chi connectivity index (χ0v) is 11.1. The molecule has 1 saturated heterocycles. The number of aromatic nitrogens is 2. The fourth-order valence-electron chi connectivity index (χ4n) is 2.45. The zero-order chi connectivity index (χ0) is 12.5. The number of benzene rings is 1. The summed E-state index contributed by atoms with van der Waals surface area (Å²) in [7, 11) is 1.63. The van der Waals surface area contributed by atoms with E-state index in [0.29, 0.717) is 0 Å². The number of ether oxygens (including phenoxy) is 1. The minimum atomic E-state index is -0.0161. The van der Waals surface area contributed by atoms with Gasteiger partial charge < -0.3 is 9.72 Å². The average Bonchev–Trinajstić information content (AvgIpc) is 2.74. The normalized spacial score (nSPS) is 20.2. The molecule has 0 saturated carbocycles. The molecule has 1 fully saturated rings. The first-order chi connectivity index (χ1) is 8.79. The fraction of sp³-hybridized carbons (Fsp3) is 0.462. The summed E-state index contributed by atoms with van der Waals surface area (Å²) in [5.41, 5.74) is 1.81. The molecular formula is C13H16N2O2S. The fourth-order valence-corrected chi connectivity index (χ4v) is 3.78. The highest BCUT2D eigenvalue weighted by Gasteiger charge is 2.20. The van der Waals surface area contributed by atoms with E-state index in [2.05, 4.69) is 4.98 Å². The molecule has 0 aliphatic carbocycles. The van der Waals surface area contributed by atoms with Crippen molar-refractivity contribution in [2.24, 2.45) is 0 Å². The molecule has 1 aliphatic rings. The highest BCUT2D eigenvalue weighted by molar-refractivity contribution is 7.99. The van der Waals surface area contributed by atoms with Crippen LogP contribution in [-0.4, -0.2) is 22.4 Å². The van der Waals surface area contributed by atoms with Crippen LogP contribution in [0.15, 0.2) is 23.0 Å². The van der Waals surface area contributed by atoms with Gasteiger partial charge in [0.15, 0.2) is 0 Å². The third-order valence-corrected chi connectivity index (χ3v) is 4.72. The maximum atomic E-state index is 12.1. The van der Waals surface area contributed by atoms with Gasteiger partial charge >= 0.3 is 5.69 Å². The molecule has 1 unspecified atom stereocenters. The molecule has 4 nitrogen and oxygen atoms in total. The number of thioether (sulfide) groups is 1. The summed E-state index contributed by atoms with van der Waals surface area (Å²) in [6.45, 7) is 0. The number of H-pyrrole nitrogens is 1. The third-order valence-electron chi connectivity index (χ3n) is 3.37. The van der Waals surface area contributed by atoms with Gasteiger partial charge in [-0.25, -0.2) is 4.79 Å². The number of aromatic amines is 1. The predicted octanol–water partition coefficient (Wildman–Crippen LogP) is 2.75. The van der Waals surface area contributed by atoms with Crippen molar-refractivity contribution in [3.8, 4) is 5.75 Å². The number of rotatable bonds is 2. The summed E-state index contributed by atoms with van der Waals surface area (Å²) in [6, 6.07) is 5.74. The summed E-state index contributed by atoms with van der Waals surface area (Å²) in [5, 5.41) is 0.272. The quantitative estimate of drug-likeness (QED) is 0.907. The second kappa shape index (κ2) is 4.72. The van der Waals surface area contributed by atoms with Crippen LogP contribution >= 0.6 is 11.8 Å². The van der Waals surface area contributed by atoms with E-state index in [-0.39, 0.29) is 11.1 Å². The molecule has 1 N–H and O–H groups in total. The Morgan fingerprint density at radius 3 is 3.06 bits per heavy atom. The summed E-state index contributed by atoms with van der Waals surface area (Å²) in [5.74, 6) is 1.91. The minimum absolute atomic E-state index is 0.0161. The Kier molecular flexibility index (Phi) is 3.07. The van der Waals surface area contributed by atoms with Crippen LogP contribution < -0.4 is 10.4 Å². The van der Waals surface area contributed by atoms with E-state index in [9.17, 15) is 4.79 Å². The zero-order valence-electron chi connectivity index (χ0n) is 10.3. The largest absolute Gasteiger partial charge is 0.497 e. The molecule has 2 heterocycles. The molecule has 5 heteroatoms. The number of fused-ring (bicyclic) bond motifs is 1. The standard InChI is InChI=1S/C13H16N2O2S/c1-17-9-5-6-11-10(8-9)14-13(16)15(11)12-4-2-3-7-18-12/h5-6,8,12H,2-4,7H2,1H3,(H,14,16). The van der Waals surface area contributed by atoms with Crippen molar-refractivity contribution in [1.29, 1.82) is 0 Å². The van der Waals surface area contributed by atoms with Gasteiger partial charge in [-0.15, -0.1) is 11.8 Å². The highest BCUT2D eigenvalue weighted by Crippen LogP contribution is 2.35. The maximum Gasteiger partial charge on any atom is 0.327 e. The second-order valence-electron chi connectivity index (χ2n) is 4.50. The molecule has 18 heavy (non-hydrogen) atoms. The molecule has 1 aliphatic heterocycles. The Balaban J connectivity index is 2.10.